The number of aromatic nitrogens is 1. The summed E-state index contributed by atoms with van der Waals surface area (Å²) in [5, 5.41) is 9.01. The third kappa shape index (κ3) is 2.60. The lowest BCUT2D eigenvalue weighted by Gasteiger charge is -2.25. The van der Waals surface area contributed by atoms with Crippen molar-refractivity contribution >= 4 is 11.9 Å². The Bertz CT molecular complexity index is 471. The van der Waals surface area contributed by atoms with Crippen molar-refractivity contribution in [3.63, 3.8) is 0 Å². The lowest BCUT2D eigenvalue weighted by atomic mass is 10.4. The van der Waals surface area contributed by atoms with E-state index in [-0.39, 0.29) is 18.0 Å². The number of morpholine rings is 1. The fraction of sp³-hybridized carbons (Fsp3) is 0.545. The van der Waals surface area contributed by atoms with Gasteiger partial charge in [0, 0.05) is 13.1 Å². The first-order valence-corrected chi connectivity index (χ1v) is 5.54. The molecule has 0 saturated carbocycles. The number of carbonyl (C=O) groups excluding carboxylic acids is 1. The van der Waals surface area contributed by atoms with Crippen molar-refractivity contribution in [1.29, 1.82) is 5.26 Å². The number of methoxy groups -OCH3 is 1. The van der Waals surface area contributed by atoms with Gasteiger partial charge in [0.25, 0.3) is 0 Å². The van der Waals surface area contributed by atoms with Crippen LogP contribution in [-0.2, 0) is 20.7 Å². The van der Waals surface area contributed by atoms with E-state index in [1.807, 2.05) is 11.0 Å². The van der Waals surface area contributed by atoms with E-state index in [1.54, 1.807) is 0 Å². The third-order valence-corrected chi connectivity index (χ3v) is 2.58. The van der Waals surface area contributed by atoms with Crippen LogP contribution in [0.25, 0.3) is 0 Å². The molecule has 1 aliphatic heterocycles. The first kappa shape index (κ1) is 12.4. The molecule has 1 fully saturated rings. The highest BCUT2D eigenvalue weighted by atomic mass is 16.5. The molecule has 7 heteroatoms. The number of oxazole rings is 1. The molecule has 0 unspecified atom stereocenters. The molecule has 1 saturated heterocycles. The van der Waals surface area contributed by atoms with Crippen molar-refractivity contribution in [3.8, 4) is 6.07 Å². The van der Waals surface area contributed by atoms with E-state index < -0.39 is 5.97 Å². The molecule has 1 aromatic heterocycles. The van der Waals surface area contributed by atoms with Gasteiger partial charge in [0.1, 0.15) is 12.5 Å². The molecule has 0 aromatic carbocycles. The highest BCUT2D eigenvalue weighted by Gasteiger charge is 2.22. The average Bonchev–Trinajstić information content (AvgIpc) is 2.82. The molecule has 2 heterocycles. The number of rotatable bonds is 3. The van der Waals surface area contributed by atoms with E-state index in [0.29, 0.717) is 32.2 Å². The Morgan fingerprint density at radius 3 is 2.89 bits per heavy atom. The molecule has 2 rings (SSSR count). The maximum atomic E-state index is 11.1. The zero-order valence-corrected chi connectivity index (χ0v) is 10.0. The van der Waals surface area contributed by atoms with Gasteiger partial charge in [-0.15, -0.1) is 0 Å². The molecule has 0 radical (unpaired) electrons. The highest BCUT2D eigenvalue weighted by Crippen LogP contribution is 2.22. The second kappa shape index (κ2) is 5.51. The summed E-state index contributed by atoms with van der Waals surface area (Å²) < 4.78 is 15.2. The molecule has 1 aliphatic rings. The predicted molar refractivity (Wildman–Crippen MR) is 60.0 cm³/mol. The zero-order valence-electron chi connectivity index (χ0n) is 10.0. The summed E-state index contributed by atoms with van der Waals surface area (Å²) in [5.41, 5.74) is 0.191. The fourth-order valence-corrected chi connectivity index (χ4v) is 1.68. The van der Waals surface area contributed by atoms with Gasteiger partial charge in [0.2, 0.25) is 17.5 Å². The lowest BCUT2D eigenvalue weighted by Crippen LogP contribution is -2.36. The van der Waals surface area contributed by atoms with Crippen molar-refractivity contribution in [2.24, 2.45) is 0 Å². The quantitative estimate of drug-likeness (QED) is 0.704. The summed E-state index contributed by atoms with van der Waals surface area (Å²) in [6.45, 7) is 2.44. The minimum absolute atomic E-state index is 0.0739. The maximum Gasteiger partial charge on any atom is 0.314 e. The van der Waals surface area contributed by atoms with Crippen LogP contribution < -0.4 is 4.90 Å². The topological polar surface area (TPSA) is 88.6 Å². The first-order chi connectivity index (χ1) is 8.74. The van der Waals surface area contributed by atoms with E-state index >= 15 is 0 Å². The number of ether oxygens (including phenoxy) is 2. The van der Waals surface area contributed by atoms with E-state index in [1.165, 1.54) is 7.11 Å². The van der Waals surface area contributed by atoms with Gasteiger partial charge in [-0.2, -0.15) is 10.2 Å². The van der Waals surface area contributed by atoms with Crippen LogP contribution in [0.5, 0.6) is 0 Å². The fourth-order valence-electron chi connectivity index (χ4n) is 1.68. The first-order valence-electron chi connectivity index (χ1n) is 5.54. The van der Waals surface area contributed by atoms with Crippen LogP contribution in [0.3, 0.4) is 0 Å². The Kier molecular flexibility index (Phi) is 3.79. The Morgan fingerprint density at radius 2 is 2.28 bits per heavy atom. The van der Waals surface area contributed by atoms with Gasteiger partial charge in [-0.25, -0.2) is 0 Å². The summed E-state index contributed by atoms with van der Waals surface area (Å²) >= 11 is 0. The molecule has 96 valence electrons. The molecule has 0 aliphatic carbocycles. The molecule has 0 N–H and O–H groups in total. The summed E-state index contributed by atoms with van der Waals surface area (Å²) in [7, 11) is 1.29. The van der Waals surface area contributed by atoms with Gasteiger partial charge in [-0.1, -0.05) is 0 Å². The Morgan fingerprint density at radius 1 is 1.56 bits per heavy atom. The smallest absolute Gasteiger partial charge is 0.314 e. The van der Waals surface area contributed by atoms with Crippen molar-refractivity contribution < 1.29 is 18.7 Å². The second-order valence-corrected chi connectivity index (χ2v) is 3.73. The number of carbonyl (C=O) groups is 1. The van der Waals surface area contributed by atoms with Gasteiger partial charge in [-0.05, 0) is 0 Å². The van der Waals surface area contributed by atoms with E-state index in [0.717, 1.165) is 0 Å². The van der Waals surface area contributed by atoms with Crippen LogP contribution in [0.1, 0.15) is 11.6 Å². The lowest BCUT2D eigenvalue weighted by molar-refractivity contribution is -0.140. The van der Waals surface area contributed by atoms with Gasteiger partial charge < -0.3 is 18.8 Å². The number of nitrogens with zero attached hydrogens (tertiary/aromatic N) is 3. The van der Waals surface area contributed by atoms with Gasteiger partial charge in [-0.3, -0.25) is 4.79 Å². The second-order valence-electron chi connectivity index (χ2n) is 3.73. The summed E-state index contributed by atoms with van der Waals surface area (Å²) in [4.78, 5) is 17.0. The van der Waals surface area contributed by atoms with Crippen molar-refractivity contribution in [1.82, 2.24) is 4.98 Å². The zero-order chi connectivity index (χ0) is 13.0. The third-order valence-electron chi connectivity index (χ3n) is 2.58. The summed E-state index contributed by atoms with van der Waals surface area (Å²) in [6, 6.07) is 1.97. The number of hydrogen-bond donors (Lipinski definition) is 0. The van der Waals surface area contributed by atoms with Gasteiger partial charge in [0.05, 0.1) is 20.3 Å². The largest absolute Gasteiger partial charge is 0.469 e. The summed E-state index contributed by atoms with van der Waals surface area (Å²) in [5.74, 6) is 0.147. The average molecular weight is 251 g/mol. The van der Waals surface area contributed by atoms with Crippen LogP contribution in [0, 0.1) is 11.3 Å². The summed E-state index contributed by atoms with van der Waals surface area (Å²) in [6.07, 6.45) is -0.0739. The van der Waals surface area contributed by atoms with Crippen LogP contribution in [0.2, 0.25) is 0 Å². The number of hydrogen-bond acceptors (Lipinski definition) is 7. The van der Waals surface area contributed by atoms with Crippen LogP contribution in [-0.4, -0.2) is 44.4 Å². The Hall–Kier alpha value is -2.07. The molecular formula is C11H13N3O4. The van der Waals surface area contributed by atoms with Crippen molar-refractivity contribution in [3.05, 3.63) is 11.6 Å². The van der Waals surface area contributed by atoms with E-state index in [9.17, 15) is 4.79 Å². The monoisotopic (exact) mass is 251 g/mol. The molecule has 18 heavy (non-hydrogen) atoms. The Balaban J connectivity index is 2.18. The number of nitriles is 1. The Labute approximate surface area is 104 Å². The van der Waals surface area contributed by atoms with Crippen LogP contribution in [0.15, 0.2) is 4.42 Å². The van der Waals surface area contributed by atoms with E-state index in [4.69, 9.17) is 14.4 Å². The van der Waals surface area contributed by atoms with Crippen molar-refractivity contribution in [2.45, 2.75) is 6.42 Å². The van der Waals surface area contributed by atoms with Crippen LogP contribution in [0.4, 0.5) is 5.88 Å². The number of anilines is 1. The van der Waals surface area contributed by atoms with Gasteiger partial charge in [0.15, 0.2) is 0 Å². The molecule has 1 aromatic rings. The SMILES string of the molecule is COC(=O)Cc1nc(C#N)c(N2CCOCC2)o1. The highest BCUT2D eigenvalue weighted by molar-refractivity contribution is 5.71. The van der Waals surface area contributed by atoms with Gasteiger partial charge >= 0.3 is 5.97 Å². The molecular weight excluding hydrogens is 238 g/mol. The van der Waals surface area contributed by atoms with Crippen molar-refractivity contribution in [2.75, 3.05) is 38.3 Å². The minimum Gasteiger partial charge on any atom is -0.469 e. The molecule has 7 nitrogen and oxygen atoms in total. The maximum absolute atomic E-state index is 11.1. The minimum atomic E-state index is -0.450. The molecule has 0 spiro atoms. The standard InChI is InChI=1S/C11H13N3O4/c1-16-10(15)6-9-13-8(7-12)11(18-9)14-2-4-17-5-3-14/h2-6H2,1H3. The van der Waals surface area contributed by atoms with Crippen LogP contribution >= 0.6 is 0 Å². The molecule has 0 atom stereocenters. The normalized spacial score (nSPS) is 15.2. The molecule has 0 bridgehead atoms. The molecule has 0 amide bonds. The number of esters is 1. The predicted octanol–water partition coefficient (Wildman–Crippen LogP) is 0.0984. The van der Waals surface area contributed by atoms with E-state index in [2.05, 4.69) is 9.72 Å².